The first-order chi connectivity index (χ1) is 14.4. The highest BCUT2D eigenvalue weighted by atomic mass is 16.5. The molecule has 0 saturated carbocycles. The van der Waals surface area contributed by atoms with Gasteiger partial charge in [0.25, 0.3) is 0 Å². The average Bonchev–Trinajstić information content (AvgIpc) is 2.72. The van der Waals surface area contributed by atoms with Crippen molar-refractivity contribution in [2.45, 2.75) is 33.8 Å². The van der Waals surface area contributed by atoms with Crippen molar-refractivity contribution in [1.29, 1.82) is 0 Å². The van der Waals surface area contributed by atoms with Crippen LogP contribution in [0.25, 0.3) is 6.08 Å². The van der Waals surface area contributed by atoms with Gasteiger partial charge in [-0.25, -0.2) is 4.79 Å². The van der Waals surface area contributed by atoms with Gasteiger partial charge >= 0.3 is 5.97 Å². The molecular weight excluding hydrogens is 388 g/mol. The largest absolute Gasteiger partial charge is 0.493 e. The van der Waals surface area contributed by atoms with Crippen molar-refractivity contribution in [1.82, 2.24) is 0 Å². The van der Waals surface area contributed by atoms with E-state index < -0.39 is 5.97 Å². The average molecular weight is 416 g/mol. The van der Waals surface area contributed by atoms with Crippen LogP contribution in [0.4, 0.5) is 0 Å². The molecule has 0 atom stereocenters. The number of hydrogen-bond acceptors (Lipinski definition) is 7. The molecule has 0 radical (unpaired) electrons. The van der Waals surface area contributed by atoms with E-state index in [-0.39, 0.29) is 23.5 Å². The zero-order valence-corrected chi connectivity index (χ0v) is 17.8. The Morgan fingerprint density at radius 3 is 2.60 bits per heavy atom. The molecule has 0 bridgehead atoms. The van der Waals surface area contributed by atoms with Crippen LogP contribution in [0.1, 0.15) is 38.5 Å². The second-order valence-electron chi connectivity index (χ2n) is 6.89. The van der Waals surface area contributed by atoms with E-state index in [0.717, 1.165) is 12.0 Å². The Morgan fingerprint density at radius 2 is 1.93 bits per heavy atom. The zero-order chi connectivity index (χ0) is 21.9. The third-order valence-corrected chi connectivity index (χ3v) is 4.06. The lowest BCUT2D eigenvalue weighted by Crippen LogP contribution is -2.11. The molecule has 0 aliphatic rings. The van der Waals surface area contributed by atoms with E-state index in [4.69, 9.17) is 23.4 Å². The molecule has 0 aliphatic carbocycles. The quantitative estimate of drug-likeness (QED) is 0.400. The minimum Gasteiger partial charge on any atom is -0.493 e. The summed E-state index contributed by atoms with van der Waals surface area (Å²) in [6, 6.07) is 6.59. The Balaban J connectivity index is 1.90. The van der Waals surface area contributed by atoms with E-state index in [2.05, 4.69) is 13.8 Å². The molecule has 162 valence electrons. The third kappa shape index (κ3) is 7.31. The van der Waals surface area contributed by atoms with Gasteiger partial charge in [0.1, 0.15) is 18.6 Å². The van der Waals surface area contributed by atoms with Gasteiger partial charge in [-0.3, -0.25) is 4.79 Å². The summed E-state index contributed by atoms with van der Waals surface area (Å²) in [7, 11) is 1.55. The Morgan fingerprint density at radius 1 is 1.13 bits per heavy atom. The summed E-state index contributed by atoms with van der Waals surface area (Å²) < 4.78 is 26.6. The maximum Gasteiger partial charge on any atom is 0.331 e. The van der Waals surface area contributed by atoms with Crippen molar-refractivity contribution in [3.05, 3.63) is 58.2 Å². The number of hydrogen-bond donors (Lipinski definition) is 0. The van der Waals surface area contributed by atoms with Crippen molar-refractivity contribution >= 4 is 12.0 Å². The van der Waals surface area contributed by atoms with E-state index in [1.807, 2.05) is 6.92 Å². The van der Waals surface area contributed by atoms with Gasteiger partial charge in [-0.2, -0.15) is 0 Å². The predicted octanol–water partition coefficient (Wildman–Crippen LogP) is 4.23. The predicted molar refractivity (Wildman–Crippen MR) is 113 cm³/mol. The van der Waals surface area contributed by atoms with E-state index in [9.17, 15) is 9.59 Å². The highest BCUT2D eigenvalue weighted by molar-refractivity contribution is 5.87. The monoisotopic (exact) mass is 416 g/mol. The second kappa shape index (κ2) is 11.7. The van der Waals surface area contributed by atoms with E-state index >= 15 is 0 Å². The van der Waals surface area contributed by atoms with Gasteiger partial charge in [0.2, 0.25) is 11.2 Å². The van der Waals surface area contributed by atoms with Gasteiger partial charge in [0.15, 0.2) is 11.5 Å². The van der Waals surface area contributed by atoms with Crippen molar-refractivity contribution in [3.8, 4) is 17.2 Å². The van der Waals surface area contributed by atoms with Crippen molar-refractivity contribution in [3.63, 3.8) is 0 Å². The Bertz CT molecular complexity index is 912. The van der Waals surface area contributed by atoms with E-state index in [1.165, 1.54) is 18.4 Å². The summed E-state index contributed by atoms with van der Waals surface area (Å²) >= 11 is 0. The van der Waals surface area contributed by atoms with Crippen LogP contribution in [0.5, 0.6) is 17.2 Å². The molecule has 0 spiro atoms. The number of ether oxygens (including phenoxy) is 4. The summed E-state index contributed by atoms with van der Waals surface area (Å²) in [5, 5.41) is 0. The lowest BCUT2D eigenvalue weighted by molar-refractivity contribution is -0.139. The topological polar surface area (TPSA) is 84.2 Å². The van der Waals surface area contributed by atoms with E-state index in [1.54, 1.807) is 31.4 Å². The van der Waals surface area contributed by atoms with Crippen LogP contribution in [0.15, 0.2) is 45.8 Å². The smallest absolute Gasteiger partial charge is 0.331 e. The maximum atomic E-state index is 12.0. The Hall–Kier alpha value is -3.22. The number of carbonyl (C=O) groups is 1. The van der Waals surface area contributed by atoms with Crippen LogP contribution in [-0.4, -0.2) is 26.3 Å². The van der Waals surface area contributed by atoms with Crippen LogP contribution in [0, 0.1) is 5.92 Å². The fourth-order valence-electron chi connectivity index (χ4n) is 2.44. The van der Waals surface area contributed by atoms with Crippen LogP contribution < -0.4 is 19.6 Å². The lowest BCUT2D eigenvalue weighted by Gasteiger charge is -2.09. The van der Waals surface area contributed by atoms with E-state index in [0.29, 0.717) is 30.6 Å². The molecule has 0 N–H and O–H groups in total. The molecular formula is C23H28O7. The number of rotatable bonds is 11. The van der Waals surface area contributed by atoms with Gasteiger partial charge in [-0.15, -0.1) is 0 Å². The molecule has 0 aliphatic heterocycles. The van der Waals surface area contributed by atoms with Gasteiger partial charge in [0, 0.05) is 12.1 Å². The minimum atomic E-state index is -0.567. The summed E-state index contributed by atoms with van der Waals surface area (Å²) in [5.41, 5.74) is 0.440. The number of carbonyl (C=O) groups excluding carboxylic acids is 1. The standard InChI is InChI=1S/C23H28O7/c1-5-27-20-8-6-17(12-21(20)26-4)7-9-23(25)30-14-18-13-19(24)22(15-29-18)28-11-10-16(2)3/h6-9,12-13,15-16H,5,10-11,14H2,1-4H3/b9-7+. The number of methoxy groups -OCH3 is 1. The fraction of sp³-hybridized carbons (Fsp3) is 0.391. The summed E-state index contributed by atoms with van der Waals surface area (Å²) in [6.07, 6.45) is 4.97. The normalized spacial score (nSPS) is 11.0. The molecule has 0 amide bonds. The Labute approximate surface area is 176 Å². The van der Waals surface area contributed by atoms with Crippen LogP contribution in [0.3, 0.4) is 0 Å². The SMILES string of the molecule is CCOc1ccc(/C=C/C(=O)OCc2cc(=O)c(OCCC(C)C)co2)cc1OC. The molecule has 30 heavy (non-hydrogen) atoms. The van der Waals surface area contributed by atoms with Gasteiger partial charge in [0.05, 0.1) is 20.3 Å². The summed E-state index contributed by atoms with van der Waals surface area (Å²) in [4.78, 5) is 24.0. The molecule has 1 aromatic carbocycles. The molecule has 0 unspecified atom stereocenters. The van der Waals surface area contributed by atoms with Crippen molar-refractivity contribution < 1.29 is 28.2 Å². The van der Waals surface area contributed by atoms with Gasteiger partial charge in [-0.05, 0) is 43.0 Å². The highest BCUT2D eigenvalue weighted by Gasteiger charge is 2.08. The van der Waals surface area contributed by atoms with Gasteiger partial charge < -0.3 is 23.4 Å². The molecule has 1 aromatic heterocycles. The summed E-state index contributed by atoms with van der Waals surface area (Å²) in [6.45, 7) is 6.85. The first kappa shape index (κ1) is 23.1. The highest BCUT2D eigenvalue weighted by Crippen LogP contribution is 2.28. The lowest BCUT2D eigenvalue weighted by atomic mass is 10.1. The molecule has 1 heterocycles. The zero-order valence-electron chi connectivity index (χ0n) is 17.8. The van der Waals surface area contributed by atoms with Crippen LogP contribution in [0.2, 0.25) is 0 Å². The first-order valence-corrected chi connectivity index (χ1v) is 9.83. The molecule has 2 rings (SSSR count). The van der Waals surface area contributed by atoms with Crippen molar-refractivity contribution in [2.24, 2.45) is 5.92 Å². The Kier molecular flexibility index (Phi) is 9.00. The van der Waals surface area contributed by atoms with Crippen LogP contribution >= 0.6 is 0 Å². The van der Waals surface area contributed by atoms with Gasteiger partial charge in [-0.1, -0.05) is 19.9 Å². The molecule has 0 saturated heterocycles. The second-order valence-corrected chi connectivity index (χ2v) is 6.89. The molecule has 0 fully saturated rings. The molecule has 7 heteroatoms. The van der Waals surface area contributed by atoms with Crippen LogP contribution in [-0.2, 0) is 16.1 Å². The summed E-state index contributed by atoms with van der Waals surface area (Å²) in [5.74, 6) is 1.50. The van der Waals surface area contributed by atoms with Crippen molar-refractivity contribution in [2.75, 3.05) is 20.3 Å². The maximum absolute atomic E-state index is 12.0. The first-order valence-electron chi connectivity index (χ1n) is 9.83. The number of esters is 1. The fourth-order valence-corrected chi connectivity index (χ4v) is 2.44. The molecule has 2 aromatic rings. The third-order valence-electron chi connectivity index (χ3n) is 4.06. The number of benzene rings is 1. The molecule has 7 nitrogen and oxygen atoms in total. The minimum absolute atomic E-state index is 0.148.